The van der Waals surface area contributed by atoms with Gasteiger partial charge in [-0.05, 0) is 44.9 Å². The molecule has 19 nitrogen and oxygen atoms in total. The van der Waals surface area contributed by atoms with Crippen LogP contribution in [0.15, 0.2) is 36.5 Å². The lowest BCUT2D eigenvalue weighted by Crippen LogP contribution is -2.66. The molecule has 1 amide bonds. The molecule has 0 spiro atoms. The fourth-order valence-electron chi connectivity index (χ4n) is 11.4. The Balaban J connectivity index is 1.48. The normalized spacial score (nSPS) is 29.2. The van der Waals surface area contributed by atoms with Gasteiger partial charge in [0.1, 0.15) is 73.2 Å². The third kappa shape index (κ3) is 31.5. The quantitative estimate of drug-likeness (QED) is 0.0202. The molecule has 17 unspecified atom stereocenters. The van der Waals surface area contributed by atoms with Crippen LogP contribution in [-0.4, -0.2) is 193 Å². The Morgan fingerprint density at radius 3 is 1.18 bits per heavy atom. The van der Waals surface area contributed by atoms with Crippen molar-refractivity contribution in [3.8, 4) is 0 Å². The lowest BCUT2D eigenvalue weighted by Gasteiger charge is -2.48. The molecule has 0 saturated carbocycles. The number of unbranched alkanes of at least 4 members (excludes halogenated alkanes) is 31. The van der Waals surface area contributed by atoms with E-state index in [0.29, 0.717) is 12.8 Å². The average Bonchev–Trinajstić information content (AvgIpc) is 3.10. The van der Waals surface area contributed by atoms with E-state index < -0.39 is 124 Å². The standard InChI is InChI=1S/C66H121NO18/c1-3-5-7-9-11-13-15-17-19-21-23-24-25-26-27-29-31-33-35-37-39-41-43-50(71)49(67-54(72)44-42-40-38-36-34-32-30-28-22-20-18-16-14-12-10-8-6-4-2)48-80-64-60(78)57(75)62(52(46-69)82-64)85-66-61(79)58(76)63(53(47-70)83-66)84-65-59(77)56(74)55(73)51(45-68)81-65/h26-27,33,35,41,43,49-53,55-66,68-71,73-79H,3-25,28-32,34,36-40,42,44-48H2,1-2H3,(H,67,72)/b27-26+,35-33+,43-41+. The maximum atomic E-state index is 13.4. The molecule has 498 valence electrons. The first-order chi connectivity index (χ1) is 41.3. The van der Waals surface area contributed by atoms with E-state index in [1.807, 2.05) is 6.08 Å². The van der Waals surface area contributed by atoms with Gasteiger partial charge < -0.3 is 89.9 Å². The lowest BCUT2D eigenvalue weighted by molar-refractivity contribution is -0.379. The Morgan fingerprint density at radius 2 is 0.753 bits per heavy atom. The Kier molecular flexibility index (Phi) is 44.4. The molecule has 0 radical (unpaired) electrons. The second-order valence-electron chi connectivity index (χ2n) is 24.3. The van der Waals surface area contributed by atoms with Crippen molar-refractivity contribution in [2.24, 2.45) is 0 Å². The fourth-order valence-corrected chi connectivity index (χ4v) is 11.4. The summed E-state index contributed by atoms with van der Waals surface area (Å²) in [5, 5.41) is 120. The first-order valence-electron chi connectivity index (χ1n) is 33.7. The van der Waals surface area contributed by atoms with Crippen LogP contribution in [0.3, 0.4) is 0 Å². The van der Waals surface area contributed by atoms with Crippen molar-refractivity contribution >= 4 is 5.91 Å². The van der Waals surface area contributed by atoms with Gasteiger partial charge in [-0.3, -0.25) is 4.79 Å². The minimum absolute atomic E-state index is 0.236. The number of hydrogen-bond donors (Lipinski definition) is 12. The highest BCUT2D eigenvalue weighted by Crippen LogP contribution is 2.33. The van der Waals surface area contributed by atoms with Gasteiger partial charge in [0.15, 0.2) is 18.9 Å². The summed E-state index contributed by atoms with van der Waals surface area (Å²) >= 11 is 0. The summed E-state index contributed by atoms with van der Waals surface area (Å²) in [6, 6.07) is -0.994. The zero-order valence-corrected chi connectivity index (χ0v) is 52.3. The molecule has 3 heterocycles. The molecular weight excluding hydrogens is 1090 g/mol. The third-order valence-electron chi connectivity index (χ3n) is 16.9. The number of aliphatic hydroxyl groups is 11. The predicted octanol–water partition coefficient (Wildman–Crippen LogP) is 8.05. The summed E-state index contributed by atoms with van der Waals surface area (Å²) < 4.78 is 34.3. The predicted molar refractivity (Wildman–Crippen MR) is 328 cm³/mol. The van der Waals surface area contributed by atoms with Gasteiger partial charge in [-0.2, -0.15) is 0 Å². The van der Waals surface area contributed by atoms with Crippen LogP contribution >= 0.6 is 0 Å². The van der Waals surface area contributed by atoms with Gasteiger partial charge in [0.2, 0.25) is 5.91 Å². The molecule has 3 aliphatic rings. The third-order valence-corrected chi connectivity index (χ3v) is 16.9. The zero-order chi connectivity index (χ0) is 61.9. The molecule has 3 fully saturated rings. The maximum Gasteiger partial charge on any atom is 0.220 e. The van der Waals surface area contributed by atoms with Crippen molar-refractivity contribution in [2.45, 2.75) is 349 Å². The largest absolute Gasteiger partial charge is 0.394 e. The van der Waals surface area contributed by atoms with Crippen LogP contribution in [0.5, 0.6) is 0 Å². The van der Waals surface area contributed by atoms with Gasteiger partial charge in [-0.1, -0.05) is 230 Å². The highest BCUT2D eigenvalue weighted by Gasteiger charge is 2.53. The molecule has 12 N–H and O–H groups in total. The molecular formula is C66H121NO18. The monoisotopic (exact) mass is 1220 g/mol. The van der Waals surface area contributed by atoms with Crippen molar-refractivity contribution in [2.75, 3.05) is 26.4 Å². The summed E-state index contributed by atoms with van der Waals surface area (Å²) in [6.45, 7) is 1.72. The van der Waals surface area contributed by atoms with E-state index in [1.165, 1.54) is 167 Å². The number of ether oxygens (including phenoxy) is 6. The van der Waals surface area contributed by atoms with E-state index in [1.54, 1.807) is 6.08 Å². The van der Waals surface area contributed by atoms with Crippen molar-refractivity contribution in [1.29, 1.82) is 0 Å². The van der Waals surface area contributed by atoms with E-state index in [-0.39, 0.29) is 18.9 Å². The van der Waals surface area contributed by atoms with E-state index in [2.05, 4.69) is 43.5 Å². The Labute approximate surface area is 511 Å². The number of allylic oxidation sites excluding steroid dienone is 5. The van der Waals surface area contributed by atoms with Crippen LogP contribution in [0.1, 0.15) is 245 Å². The molecule has 0 aromatic rings. The molecule has 3 rings (SSSR count). The Bertz CT molecular complexity index is 1690. The summed E-state index contributed by atoms with van der Waals surface area (Å²) in [6.07, 6.45) is 28.4. The topological polar surface area (TPSA) is 307 Å². The van der Waals surface area contributed by atoms with Crippen molar-refractivity contribution in [3.63, 3.8) is 0 Å². The van der Waals surface area contributed by atoms with E-state index in [9.17, 15) is 61.0 Å². The Morgan fingerprint density at radius 1 is 0.412 bits per heavy atom. The van der Waals surface area contributed by atoms with Gasteiger partial charge >= 0.3 is 0 Å². The van der Waals surface area contributed by atoms with Crippen LogP contribution in [0.25, 0.3) is 0 Å². The molecule has 19 heteroatoms. The minimum Gasteiger partial charge on any atom is -0.394 e. The minimum atomic E-state index is -1.98. The highest BCUT2D eigenvalue weighted by atomic mass is 16.8. The number of rotatable bonds is 51. The van der Waals surface area contributed by atoms with Crippen molar-refractivity contribution < 1.29 is 89.4 Å². The van der Waals surface area contributed by atoms with Gasteiger partial charge in [0.05, 0.1) is 38.6 Å². The van der Waals surface area contributed by atoms with E-state index in [4.69, 9.17) is 28.4 Å². The SMILES string of the molecule is CCCCCCCCCCCCCC/C=C/CC/C=C/CC/C=C/C(O)C(COC1OC(CO)C(OC2OC(CO)C(OC3OC(CO)C(O)C(O)C3O)C(O)C2O)C(O)C1O)NC(=O)CCCCCCCCCCCCCCCCCCCC. The smallest absolute Gasteiger partial charge is 0.220 e. The van der Waals surface area contributed by atoms with Crippen LogP contribution in [-0.2, 0) is 33.2 Å². The van der Waals surface area contributed by atoms with Crippen LogP contribution in [0.2, 0.25) is 0 Å². The molecule has 17 atom stereocenters. The average molecular weight is 1220 g/mol. The number of carbonyl (C=O) groups is 1. The second kappa shape index (κ2) is 48.8. The number of carbonyl (C=O) groups excluding carboxylic acids is 1. The van der Waals surface area contributed by atoms with Crippen molar-refractivity contribution in [1.82, 2.24) is 5.32 Å². The molecule has 0 aliphatic carbocycles. The van der Waals surface area contributed by atoms with Gasteiger partial charge in [-0.15, -0.1) is 0 Å². The summed E-state index contributed by atoms with van der Waals surface area (Å²) in [5.74, 6) is -0.286. The van der Waals surface area contributed by atoms with Crippen LogP contribution < -0.4 is 5.32 Å². The first-order valence-corrected chi connectivity index (χ1v) is 33.7. The number of amides is 1. The fraction of sp³-hybridized carbons (Fsp3) is 0.894. The number of aliphatic hydroxyl groups excluding tert-OH is 11. The molecule has 85 heavy (non-hydrogen) atoms. The molecule has 3 aliphatic heterocycles. The molecule has 3 saturated heterocycles. The highest BCUT2D eigenvalue weighted by molar-refractivity contribution is 5.76. The zero-order valence-electron chi connectivity index (χ0n) is 52.3. The molecule has 0 bridgehead atoms. The molecule has 0 aromatic carbocycles. The van der Waals surface area contributed by atoms with Gasteiger partial charge in [-0.25, -0.2) is 0 Å². The maximum absolute atomic E-state index is 13.4. The Hall–Kier alpha value is -1.99. The second-order valence-corrected chi connectivity index (χ2v) is 24.3. The molecule has 0 aromatic heterocycles. The van der Waals surface area contributed by atoms with Gasteiger partial charge in [0.25, 0.3) is 0 Å². The van der Waals surface area contributed by atoms with E-state index in [0.717, 1.165) is 44.9 Å². The summed E-state index contributed by atoms with van der Waals surface area (Å²) in [7, 11) is 0. The van der Waals surface area contributed by atoms with Crippen LogP contribution in [0.4, 0.5) is 0 Å². The van der Waals surface area contributed by atoms with E-state index >= 15 is 0 Å². The number of nitrogens with one attached hydrogen (secondary N) is 1. The summed E-state index contributed by atoms with van der Waals surface area (Å²) in [5.41, 5.74) is 0. The number of hydrogen-bond acceptors (Lipinski definition) is 18. The summed E-state index contributed by atoms with van der Waals surface area (Å²) in [4.78, 5) is 13.4. The van der Waals surface area contributed by atoms with Crippen molar-refractivity contribution in [3.05, 3.63) is 36.5 Å². The lowest BCUT2D eigenvalue weighted by atomic mass is 9.96. The first kappa shape index (κ1) is 77.3. The van der Waals surface area contributed by atoms with Gasteiger partial charge in [0, 0.05) is 6.42 Å². The van der Waals surface area contributed by atoms with Crippen LogP contribution in [0, 0.1) is 0 Å².